The minimum Gasteiger partial charge on any atom is -0.423 e. The fourth-order valence-electron chi connectivity index (χ4n) is 0.596. The lowest BCUT2D eigenvalue weighted by molar-refractivity contribution is 0.313. The van der Waals surface area contributed by atoms with Crippen LogP contribution < -0.4 is 0 Å². The highest BCUT2D eigenvalue weighted by Gasteiger charge is 1.95. The smallest absolute Gasteiger partial charge is 0.161 e. The van der Waals surface area contributed by atoms with Gasteiger partial charge in [0.25, 0.3) is 0 Å². The van der Waals surface area contributed by atoms with Crippen LogP contribution in [0.1, 0.15) is 6.92 Å². The maximum Gasteiger partial charge on any atom is 0.161 e. The molecule has 0 saturated carbocycles. The highest BCUT2D eigenvalue weighted by atomic mass is 28.2. The van der Waals surface area contributed by atoms with Gasteiger partial charge in [-0.1, -0.05) is 19.1 Å². The molecule has 0 aromatic carbocycles. The Morgan fingerprint density at radius 1 is 1.50 bits per heavy atom. The molecule has 0 heterocycles. The van der Waals surface area contributed by atoms with E-state index in [0.717, 1.165) is 6.61 Å². The second kappa shape index (κ2) is 6.77. The standard InChI is InChI=1S/C8H16OSi/c1-4-8(5-2)7-9-10-6-3/h4-5,8H,1-2,6-7,10H2,3H3. The summed E-state index contributed by atoms with van der Waals surface area (Å²) in [5.74, 6) is 0.346. The largest absolute Gasteiger partial charge is 0.423 e. The zero-order valence-electron chi connectivity index (χ0n) is 6.68. The van der Waals surface area contributed by atoms with Gasteiger partial charge >= 0.3 is 0 Å². The summed E-state index contributed by atoms with van der Waals surface area (Å²) in [4.78, 5) is 0. The first-order valence-electron chi connectivity index (χ1n) is 3.68. The lowest BCUT2D eigenvalue weighted by Gasteiger charge is -2.06. The maximum absolute atomic E-state index is 5.42. The topological polar surface area (TPSA) is 9.23 Å². The van der Waals surface area contributed by atoms with Crippen LogP contribution in [0.25, 0.3) is 0 Å². The Balaban J connectivity index is 3.25. The summed E-state index contributed by atoms with van der Waals surface area (Å²) in [6.45, 7) is 10.3. The fourth-order valence-corrected chi connectivity index (χ4v) is 1.32. The normalized spacial score (nSPS) is 11.0. The zero-order valence-corrected chi connectivity index (χ0v) is 8.09. The van der Waals surface area contributed by atoms with Gasteiger partial charge in [0.15, 0.2) is 9.76 Å². The van der Waals surface area contributed by atoms with E-state index in [1.165, 1.54) is 6.04 Å². The summed E-state index contributed by atoms with van der Waals surface area (Å²) in [6, 6.07) is 1.21. The Labute approximate surface area is 65.7 Å². The fraction of sp³-hybridized carbons (Fsp3) is 0.500. The van der Waals surface area contributed by atoms with Crippen LogP contribution in [0.4, 0.5) is 0 Å². The second-order valence-electron chi connectivity index (χ2n) is 2.21. The van der Waals surface area contributed by atoms with E-state index in [2.05, 4.69) is 20.1 Å². The monoisotopic (exact) mass is 156 g/mol. The van der Waals surface area contributed by atoms with Crippen LogP contribution in [-0.4, -0.2) is 16.4 Å². The lowest BCUT2D eigenvalue weighted by Crippen LogP contribution is -2.06. The molecule has 0 atom stereocenters. The van der Waals surface area contributed by atoms with Crippen LogP contribution in [-0.2, 0) is 4.43 Å². The molecule has 0 bridgehead atoms. The summed E-state index contributed by atoms with van der Waals surface area (Å²) in [6.07, 6.45) is 3.74. The molecule has 10 heavy (non-hydrogen) atoms. The first kappa shape index (κ1) is 9.66. The predicted octanol–water partition coefficient (Wildman–Crippen LogP) is 1.51. The SMILES string of the molecule is C=CC(C=C)CO[SiH2]CC. The van der Waals surface area contributed by atoms with Crippen molar-refractivity contribution in [3.63, 3.8) is 0 Å². The molecule has 0 aromatic heterocycles. The van der Waals surface area contributed by atoms with Crippen molar-refractivity contribution in [1.29, 1.82) is 0 Å². The van der Waals surface area contributed by atoms with E-state index in [4.69, 9.17) is 4.43 Å². The van der Waals surface area contributed by atoms with Gasteiger partial charge in [-0.15, -0.1) is 13.2 Å². The molecule has 0 aliphatic carbocycles. The lowest BCUT2D eigenvalue weighted by atomic mass is 10.2. The molecule has 0 aliphatic rings. The third kappa shape index (κ3) is 4.53. The molecular weight excluding hydrogens is 140 g/mol. The van der Waals surface area contributed by atoms with Crippen molar-refractivity contribution in [3.8, 4) is 0 Å². The molecule has 0 rings (SSSR count). The first-order chi connectivity index (χ1) is 4.85. The Bertz CT molecular complexity index is 93.4. The van der Waals surface area contributed by atoms with E-state index >= 15 is 0 Å². The Hall–Kier alpha value is -0.343. The minimum absolute atomic E-state index is 0.235. The van der Waals surface area contributed by atoms with Crippen molar-refractivity contribution in [2.75, 3.05) is 6.61 Å². The molecule has 0 unspecified atom stereocenters. The van der Waals surface area contributed by atoms with Crippen LogP contribution in [0.5, 0.6) is 0 Å². The molecule has 0 aliphatic heterocycles. The quantitative estimate of drug-likeness (QED) is 0.322. The van der Waals surface area contributed by atoms with E-state index in [1.54, 1.807) is 0 Å². The summed E-state index contributed by atoms with van der Waals surface area (Å²) in [7, 11) is -0.235. The second-order valence-corrected chi connectivity index (χ2v) is 4.03. The van der Waals surface area contributed by atoms with Gasteiger partial charge in [-0.3, -0.25) is 0 Å². The Kier molecular flexibility index (Phi) is 6.54. The summed E-state index contributed by atoms with van der Waals surface area (Å²) < 4.78 is 5.42. The minimum atomic E-state index is -0.235. The van der Waals surface area contributed by atoms with Crippen molar-refractivity contribution >= 4 is 9.76 Å². The highest BCUT2D eigenvalue weighted by Crippen LogP contribution is 1.98. The van der Waals surface area contributed by atoms with Gasteiger partial charge in [-0.25, -0.2) is 0 Å². The molecule has 0 amide bonds. The van der Waals surface area contributed by atoms with Gasteiger partial charge in [0.05, 0.1) is 0 Å². The number of rotatable bonds is 6. The maximum atomic E-state index is 5.42. The van der Waals surface area contributed by atoms with Gasteiger partial charge in [0, 0.05) is 12.5 Å². The summed E-state index contributed by atoms with van der Waals surface area (Å²) >= 11 is 0. The average Bonchev–Trinajstić information content (AvgIpc) is 1.99. The van der Waals surface area contributed by atoms with Crippen LogP contribution in [0.3, 0.4) is 0 Å². The van der Waals surface area contributed by atoms with Crippen molar-refractivity contribution in [2.24, 2.45) is 5.92 Å². The van der Waals surface area contributed by atoms with E-state index in [-0.39, 0.29) is 9.76 Å². The van der Waals surface area contributed by atoms with E-state index < -0.39 is 0 Å². The summed E-state index contributed by atoms with van der Waals surface area (Å²) in [5, 5.41) is 0. The molecule has 0 aromatic rings. The molecule has 0 radical (unpaired) electrons. The molecule has 2 heteroatoms. The van der Waals surface area contributed by atoms with Crippen molar-refractivity contribution < 1.29 is 4.43 Å². The van der Waals surface area contributed by atoms with Gasteiger partial charge in [-0.05, 0) is 6.04 Å². The molecular formula is C8H16OSi. The van der Waals surface area contributed by atoms with Gasteiger partial charge in [-0.2, -0.15) is 0 Å². The van der Waals surface area contributed by atoms with Gasteiger partial charge in [0.2, 0.25) is 0 Å². The third-order valence-electron chi connectivity index (χ3n) is 1.26. The third-order valence-corrected chi connectivity index (χ3v) is 2.20. The Morgan fingerprint density at radius 3 is 2.50 bits per heavy atom. The van der Waals surface area contributed by atoms with Gasteiger partial charge in [0.1, 0.15) is 0 Å². The van der Waals surface area contributed by atoms with Crippen LogP contribution >= 0.6 is 0 Å². The van der Waals surface area contributed by atoms with Crippen molar-refractivity contribution in [2.45, 2.75) is 13.0 Å². The van der Waals surface area contributed by atoms with Crippen LogP contribution in [0.2, 0.25) is 6.04 Å². The molecule has 0 N–H and O–H groups in total. The molecule has 0 fully saturated rings. The van der Waals surface area contributed by atoms with Crippen LogP contribution in [0, 0.1) is 5.92 Å². The number of hydrogen-bond donors (Lipinski definition) is 0. The van der Waals surface area contributed by atoms with Crippen molar-refractivity contribution in [1.82, 2.24) is 0 Å². The van der Waals surface area contributed by atoms with E-state index in [0.29, 0.717) is 5.92 Å². The van der Waals surface area contributed by atoms with Crippen molar-refractivity contribution in [3.05, 3.63) is 25.3 Å². The number of hydrogen-bond acceptors (Lipinski definition) is 1. The van der Waals surface area contributed by atoms with E-state index in [9.17, 15) is 0 Å². The molecule has 58 valence electrons. The highest BCUT2D eigenvalue weighted by molar-refractivity contribution is 6.26. The molecule has 0 saturated heterocycles. The predicted molar refractivity (Wildman–Crippen MR) is 48.9 cm³/mol. The van der Waals surface area contributed by atoms with Crippen LogP contribution in [0.15, 0.2) is 25.3 Å². The van der Waals surface area contributed by atoms with E-state index in [1.807, 2.05) is 12.2 Å². The molecule has 0 spiro atoms. The first-order valence-corrected chi connectivity index (χ1v) is 5.25. The average molecular weight is 156 g/mol. The zero-order chi connectivity index (χ0) is 7.82. The van der Waals surface area contributed by atoms with Gasteiger partial charge < -0.3 is 4.43 Å². The Morgan fingerprint density at radius 2 is 2.10 bits per heavy atom. The summed E-state index contributed by atoms with van der Waals surface area (Å²) in [5.41, 5.74) is 0. The molecule has 1 nitrogen and oxygen atoms in total.